The predicted octanol–water partition coefficient (Wildman–Crippen LogP) is 1.48. The Bertz CT molecular complexity index is 740. The molecule has 1 amide bonds. The number of methoxy groups -OCH3 is 1. The topological polar surface area (TPSA) is 84.6 Å². The zero-order valence-corrected chi connectivity index (χ0v) is 15.2. The molecule has 2 atom stereocenters. The van der Waals surface area contributed by atoms with Gasteiger partial charge >= 0.3 is 0 Å². The van der Waals surface area contributed by atoms with E-state index in [9.17, 15) is 4.79 Å². The van der Waals surface area contributed by atoms with Crippen molar-refractivity contribution in [2.75, 3.05) is 33.0 Å². The zero-order valence-electron chi connectivity index (χ0n) is 15.2. The molecule has 0 saturated carbocycles. The molecule has 7 heteroatoms. The van der Waals surface area contributed by atoms with Gasteiger partial charge < -0.3 is 15.4 Å². The van der Waals surface area contributed by atoms with Crippen LogP contribution in [0.2, 0.25) is 0 Å². The summed E-state index contributed by atoms with van der Waals surface area (Å²) in [7, 11) is 3.60. The van der Waals surface area contributed by atoms with Crippen LogP contribution in [0.1, 0.15) is 23.9 Å². The Morgan fingerprint density at radius 1 is 1.38 bits per heavy atom. The molecular weight excluding hydrogens is 330 g/mol. The van der Waals surface area contributed by atoms with Crippen LogP contribution >= 0.6 is 0 Å². The van der Waals surface area contributed by atoms with Gasteiger partial charge in [0.15, 0.2) is 6.10 Å². The number of likely N-dealkylation sites (N-methyl/N-ethyl adjacent to an activating group) is 1. The fourth-order valence-corrected chi connectivity index (χ4v) is 3.32. The summed E-state index contributed by atoms with van der Waals surface area (Å²) in [4.78, 5) is 25.4. The van der Waals surface area contributed by atoms with Gasteiger partial charge in [0, 0.05) is 32.4 Å². The quantitative estimate of drug-likeness (QED) is 0.845. The van der Waals surface area contributed by atoms with Gasteiger partial charge in [-0.2, -0.15) is 0 Å². The Labute approximate surface area is 153 Å². The van der Waals surface area contributed by atoms with Crippen LogP contribution in [0.25, 0.3) is 0 Å². The van der Waals surface area contributed by atoms with Crippen LogP contribution in [0.5, 0.6) is 0 Å². The summed E-state index contributed by atoms with van der Waals surface area (Å²) in [5, 5.41) is 0. The molecule has 1 aliphatic rings. The summed E-state index contributed by atoms with van der Waals surface area (Å²) in [6, 6.07) is 11.5. The summed E-state index contributed by atoms with van der Waals surface area (Å²) in [5.41, 5.74) is 6.60. The van der Waals surface area contributed by atoms with E-state index in [1.807, 2.05) is 42.3 Å². The molecule has 3 rings (SSSR count). The lowest BCUT2D eigenvalue weighted by Crippen LogP contribution is -2.38. The summed E-state index contributed by atoms with van der Waals surface area (Å²) < 4.78 is 5.48. The minimum Gasteiger partial charge on any atom is -0.384 e. The first-order valence-corrected chi connectivity index (χ1v) is 8.72. The maximum atomic E-state index is 12.9. The number of anilines is 1. The summed E-state index contributed by atoms with van der Waals surface area (Å²) in [5.74, 6) is 1.17. The largest absolute Gasteiger partial charge is 0.384 e. The van der Waals surface area contributed by atoms with Gasteiger partial charge in [-0.05, 0) is 25.1 Å². The highest BCUT2D eigenvalue weighted by molar-refractivity contribution is 5.82. The second-order valence-corrected chi connectivity index (χ2v) is 6.57. The Balaban J connectivity index is 1.61. The molecule has 2 heterocycles. The summed E-state index contributed by atoms with van der Waals surface area (Å²) in [6.07, 6.45) is 2.02. The maximum Gasteiger partial charge on any atom is 0.256 e. The van der Waals surface area contributed by atoms with Gasteiger partial charge in [0.2, 0.25) is 0 Å². The molecule has 1 aromatic carbocycles. The highest BCUT2D eigenvalue weighted by Gasteiger charge is 2.33. The van der Waals surface area contributed by atoms with Gasteiger partial charge in [-0.15, -0.1) is 0 Å². The molecule has 1 aromatic heterocycles. The molecular formula is C19H25N5O2. The molecule has 2 aromatic rings. The molecule has 1 aliphatic heterocycles. The first-order valence-electron chi connectivity index (χ1n) is 8.72. The number of amides is 1. The fourth-order valence-electron chi connectivity index (χ4n) is 3.32. The standard InChI is InChI=1S/C19H25N5O2/c1-23(13-17-21-10-8-16(20)22-17)15-9-11-24(12-15)19(25)18(26-2)14-6-4-3-5-7-14/h3-8,10,15,18H,9,11-13H2,1-2H3,(H2,20,21,22)/t15?,18-/m1/s1. The van der Waals surface area contributed by atoms with Gasteiger partial charge in [-0.25, -0.2) is 9.97 Å². The van der Waals surface area contributed by atoms with E-state index in [-0.39, 0.29) is 11.9 Å². The monoisotopic (exact) mass is 355 g/mol. The number of likely N-dealkylation sites (tertiary alicyclic amines) is 1. The lowest BCUT2D eigenvalue weighted by Gasteiger charge is -2.26. The second-order valence-electron chi connectivity index (χ2n) is 6.57. The summed E-state index contributed by atoms with van der Waals surface area (Å²) in [6.45, 7) is 1.99. The third-order valence-corrected chi connectivity index (χ3v) is 4.78. The van der Waals surface area contributed by atoms with Gasteiger partial charge in [0.25, 0.3) is 5.91 Å². The van der Waals surface area contributed by atoms with Crippen molar-refractivity contribution < 1.29 is 9.53 Å². The van der Waals surface area contributed by atoms with E-state index >= 15 is 0 Å². The first kappa shape index (κ1) is 18.3. The normalized spacial score (nSPS) is 18.3. The number of benzene rings is 1. The van der Waals surface area contributed by atoms with Crippen LogP contribution in [0, 0.1) is 0 Å². The van der Waals surface area contributed by atoms with Gasteiger partial charge in [0.1, 0.15) is 11.6 Å². The van der Waals surface area contributed by atoms with Crippen molar-refractivity contribution in [1.82, 2.24) is 19.8 Å². The molecule has 2 N–H and O–H groups in total. The number of nitrogens with two attached hydrogens (primary N) is 1. The van der Waals surface area contributed by atoms with Gasteiger partial charge in [-0.1, -0.05) is 30.3 Å². The molecule has 1 unspecified atom stereocenters. The highest BCUT2D eigenvalue weighted by Crippen LogP contribution is 2.23. The molecule has 26 heavy (non-hydrogen) atoms. The molecule has 1 saturated heterocycles. The molecule has 7 nitrogen and oxygen atoms in total. The van der Waals surface area contributed by atoms with E-state index in [1.54, 1.807) is 19.4 Å². The van der Waals surface area contributed by atoms with Gasteiger partial charge in [0.05, 0.1) is 6.54 Å². The Kier molecular flexibility index (Phi) is 5.80. The van der Waals surface area contributed by atoms with Gasteiger partial charge in [-0.3, -0.25) is 9.69 Å². The number of carbonyl (C=O) groups is 1. The number of hydrogen-bond acceptors (Lipinski definition) is 6. The lowest BCUT2D eigenvalue weighted by atomic mass is 10.1. The number of nitrogens with zero attached hydrogens (tertiary/aromatic N) is 4. The predicted molar refractivity (Wildman–Crippen MR) is 99.1 cm³/mol. The second kappa shape index (κ2) is 8.25. The molecule has 1 fully saturated rings. The van der Waals surface area contributed by atoms with Crippen LogP contribution < -0.4 is 5.73 Å². The van der Waals surface area contributed by atoms with Crippen LogP contribution in [0.3, 0.4) is 0 Å². The summed E-state index contributed by atoms with van der Waals surface area (Å²) >= 11 is 0. The molecule has 0 spiro atoms. The van der Waals surface area contributed by atoms with Crippen molar-refractivity contribution in [2.45, 2.75) is 25.1 Å². The Morgan fingerprint density at radius 3 is 2.85 bits per heavy atom. The van der Waals surface area contributed by atoms with Crippen molar-refractivity contribution >= 4 is 11.7 Å². The molecule has 0 radical (unpaired) electrons. The number of rotatable bonds is 6. The number of aromatic nitrogens is 2. The zero-order chi connectivity index (χ0) is 18.5. The first-order chi connectivity index (χ1) is 12.6. The number of nitrogen functional groups attached to an aromatic ring is 1. The third-order valence-electron chi connectivity index (χ3n) is 4.78. The van der Waals surface area contributed by atoms with E-state index < -0.39 is 6.10 Å². The number of carbonyl (C=O) groups excluding carboxylic acids is 1. The minimum absolute atomic E-state index is 0.00908. The van der Waals surface area contributed by atoms with Crippen molar-refractivity contribution in [3.05, 3.63) is 54.0 Å². The number of hydrogen-bond donors (Lipinski definition) is 1. The van der Waals surface area contributed by atoms with E-state index in [0.717, 1.165) is 18.5 Å². The van der Waals surface area contributed by atoms with E-state index in [4.69, 9.17) is 10.5 Å². The molecule has 0 aliphatic carbocycles. The lowest BCUT2D eigenvalue weighted by molar-refractivity contribution is -0.141. The fraction of sp³-hybridized carbons (Fsp3) is 0.421. The SMILES string of the molecule is CO[C@@H](C(=O)N1CCC(N(C)Cc2nccc(N)n2)C1)c1ccccc1. The Hall–Kier alpha value is -2.51. The highest BCUT2D eigenvalue weighted by atomic mass is 16.5. The minimum atomic E-state index is -0.558. The van der Waals surface area contributed by atoms with Crippen LogP contribution in [-0.2, 0) is 16.1 Å². The maximum absolute atomic E-state index is 12.9. The van der Waals surface area contributed by atoms with Crippen molar-refractivity contribution in [2.24, 2.45) is 0 Å². The molecule has 0 bridgehead atoms. The average Bonchev–Trinajstić information content (AvgIpc) is 3.13. The van der Waals surface area contributed by atoms with Crippen LogP contribution in [-0.4, -0.2) is 59.0 Å². The third kappa shape index (κ3) is 4.17. The average molecular weight is 355 g/mol. The van der Waals surface area contributed by atoms with E-state index in [0.29, 0.717) is 24.7 Å². The molecule has 138 valence electrons. The van der Waals surface area contributed by atoms with Crippen molar-refractivity contribution in [3.63, 3.8) is 0 Å². The number of ether oxygens (including phenoxy) is 1. The van der Waals surface area contributed by atoms with Crippen LogP contribution in [0.15, 0.2) is 42.6 Å². The van der Waals surface area contributed by atoms with Crippen LogP contribution in [0.4, 0.5) is 5.82 Å². The van der Waals surface area contributed by atoms with E-state index in [1.165, 1.54) is 0 Å². The Morgan fingerprint density at radius 2 is 2.15 bits per heavy atom. The smallest absolute Gasteiger partial charge is 0.256 e. The van der Waals surface area contributed by atoms with Crippen molar-refractivity contribution in [1.29, 1.82) is 0 Å². The van der Waals surface area contributed by atoms with Crippen molar-refractivity contribution in [3.8, 4) is 0 Å². The van der Waals surface area contributed by atoms with E-state index in [2.05, 4.69) is 14.9 Å².